The number of carboxylic acids is 1. The van der Waals surface area contributed by atoms with E-state index in [9.17, 15) is 14.4 Å². The molecule has 0 heterocycles. The molecular formula is C21H22N2O6. The molecule has 3 rings (SSSR count). The highest BCUT2D eigenvalue weighted by Gasteiger charge is 2.29. The van der Waals surface area contributed by atoms with Gasteiger partial charge in [-0.25, -0.2) is 14.7 Å². The zero-order chi connectivity index (χ0) is 21.0. The van der Waals surface area contributed by atoms with Crippen LogP contribution >= 0.6 is 0 Å². The fourth-order valence-corrected chi connectivity index (χ4v) is 3.37. The monoisotopic (exact) mass is 398 g/mol. The van der Waals surface area contributed by atoms with Crippen LogP contribution in [0.4, 0.5) is 4.79 Å². The number of hydrogen-bond donors (Lipinski definition) is 2. The second-order valence-electron chi connectivity index (χ2n) is 6.69. The molecule has 1 atom stereocenters. The number of hydrogen-bond acceptors (Lipinski definition) is 5. The summed E-state index contributed by atoms with van der Waals surface area (Å²) in [6, 6.07) is 15.0. The number of aliphatic carboxylic acids is 1. The molecule has 8 nitrogen and oxygen atoms in total. The van der Waals surface area contributed by atoms with E-state index in [2.05, 4.69) is 5.32 Å². The Kier molecular flexibility index (Phi) is 6.13. The molecule has 0 bridgehead atoms. The van der Waals surface area contributed by atoms with Crippen molar-refractivity contribution in [1.82, 2.24) is 10.4 Å². The van der Waals surface area contributed by atoms with Gasteiger partial charge in [0, 0.05) is 13.0 Å². The van der Waals surface area contributed by atoms with Crippen LogP contribution in [-0.4, -0.2) is 54.4 Å². The molecule has 8 heteroatoms. The van der Waals surface area contributed by atoms with Crippen LogP contribution in [0.5, 0.6) is 0 Å². The lowest BCUT2D eigenvalue weighted by atomic mass is 9.98. The van der Waals surface area contributed by atoms with Crippen molar-refractivity contribution in [2.75, 3.05) is 20.3 Å². The highest BCUT2D eigenvalue weighted by molar-refractivity contribution is 5.84. The predicted octanol–water partition coefficient (Wildman–Crippen LogP) is 2.39. The number of hydroxylamine groups is 2. The van der Waals surface area contributed by atoms with Crippen LogP contribution in [0.15, 0.2) is 48.5 Å². The number of carbonyl (C=O) groups is 3. The van der Waals surface area contributed by atoms with Gasteiger partial charge in [0.15, 0.2) is 6.61 Å². The van der Waals surface area contributed by atoms with E-state index in [4.69, 9.17) is 14.7 Å². The van der Waals surface area contributed by atoms with Crippen LogP contribution in [0, 0.1) is 0 Å². The molecule has 0 radical (unpaired) electrons. The minimum absolute atomic E-state index is 0.0827. The maximum Gasteiger partial charge on any atom is 0.407 e. The average molecular weight is 398 g/mol. The van der Waals surface area contributed by atoms with Gasteiger partial charge in [-0.2, -0.15) is 0 Å². The van der Waals surface area contributed by atoms with E-state index in [-0.39, 0.29) is 12.5 Å². The Hall–Kier alpha value is -3.39. The van der Waals surface area contributed by atoms with Gasteiger partial charge in [-0.05, 0) is 29.2 Å². The van der Waals surface area contributed by atoms with E-state index in [0.29, 0.717) is 0 Å². The van der Waals surface area contributed by atoms with Gasteiger partial charge in [-0.3, -0.25) is 9.63 Å². The number of ether oxygens (including phenoxy) is 1. The maximum atomic E-state index is 12.2. The van der Waals surface area contributed by atoms with Crippen LogP contribution in [0.2, 0.25) is 0 Å². The Morgan fingerprint density at radius 2 is 1.62 bits per heavy atom. The summed E-state index contributed by atoms with van der Waals surface area (Å²) in [6.45, 7) is 0.941. The summed E-state index contributed by atoms with van der Waals surface area (Å²) in [4.78, 5) is 39.6. The van der Waals surface area contributed by atoms with Gasteiger partial charge in [-0.15, -0.1) is 0 Å². The van der Waals surface area contributed by atoms with Crippen LogP contribution in [-0.2, 0) is 19.2 Å². The smallest absolute Gasteiger partial charge is 0.407 e. The predicted molar refractivity (Wildman–Crippen MR) is 104 cm³/mol. The first-order chi connectivity index (χ1) is 13.9. The number of rotatable bonds is 7. The van der Waals surface area contributed by atoms with Crippen LogP contribution in [0.3, 0.4) is 0 Å². The second-order valence-corrected chi connectivity index (χ2v) is 6.69. The summed E-state index contributed by atoms with van der Waals surface area (Å²) in [7, 11) is 1.28. The molecule has 29 heavy (non-hydrogen) atoms. The number of fused-ring (bicyclic) bond motifs is 3. The SMILES string of the molecule is C[C@@H](NC(=O)OCC1c2ccccc2-c2ccccc21)C(=O)N(C)OCC(=O)O. The fourth-order valence-electron chi connectivity index (χ4n) is 3.37. The number of nitrogens with zero attached hydrogens (tertiary/aromatic N) is 1. The van der Waals surface area contributed by atoms with Crippen LogP contribution < -0.4 is 5.32 Å². The van der Waals surface area contributed by atoms with Crippen molar-refractivity contribution in [3.63, 3.8) is 0 Å². The quantitative estimate of drug-likeness (QED) is 0.694. The zero-order valence-corrected chi connectivity index (χ0v) is 16.1. The first kappa shape index (κ1) is 20.3. The normalized spacial score (nSPS) is 13.2. The standard InChI is InChI=1S/C21H22N2O6/c1-13(20(26)23(2)29-12-19(24)25)22-21(27)28-11-18-16-9-5-3-7-14(16)15-8-4-6-10-17(15)18/h3-10,13,18H,11-12H2,1-2H3,(H,22,27)(H,24,25)/t13-/m1/s1. The molecule has 1 aliphatic carbocycles. The lowest BCUT2D eigenvalue weighted by Gasteiger charge is -2.21. The number of likely N-dealkylation sites (N-methyl/N-ethyl adjacent to an activating group) is 1. The summed E-state index contributed by atoms with van der Waals surface area (Å²) in [5, 5.41) is 11.8. The van der Waals surface area contributed by atoms with E-state index in [1.807, 2.05) is 48.5 Å². The fraction of sp³-hybridized carbons (Fsp3) is 0.286. The average Bonchev–Trinajstić information content (AvgIpc) is 3.03. The summed E-state index contributed by atoms with van der Waals surface area (Å²) in [5.41, 5.74) is 4.43. The number of amides is 2. The topological polar surface area (TPSA) is 105 Å². The number of alkyl carbamates (subject to hydrolysis) is 1. The minimum Gasteiger partial charge on any atom is -0.479 e. The molecule has 2 N–H and O–H groups in total. The van der Waals surface area contributed by atoms with Crippen LogP contribution in [0.25, 0.3) is 11.1 Å². The molecular weight excluding hydrogens is 376 g/mol. The van der Waals surface area contributed by atoms with E-state index in [0.717, 1.165) is 27.3 Å². The largest absolute Gasteiger partial charge is 0.479 e. The molecule has 2 aromatic rings. The van der Waals surface area contributed by atoms with Gasteiger partial charge >= 0.3 is 12.1 Å². The third kappa shape index (κ3) is 4.55. The first-order valence-electron chi connectivity index (χ1n) is 9.12. The van der Waals surface area contributed by atoms with E-state index >= 15 is 0 Å². The number of carbonyl (C=O) groups excluding carboxylic acids is 2. The Balaban J connectivity index is 1.58. The molecule has 2 aromatic carbocycles. The Morgan fingerprint density at radius 3 is 2.17 bits per heavy atom. The third-order valence-electron chi connectivity index (χ3n) is 4.74. The molecule has 2 amide bonds. The zero-order valence-electron chi connectivity index (χ0n) is 16.1. The van der Waals surface area contributed by atoms with E-state index in [1.165, 1.54) is 14.0 Å². The van der Waals surface area contributed by atoms with E-state index < -0.39 is 30.6 Å². The maximum absolute atomic E-state index is 12.2. The molecule has 0 spiro atoms. The Bertz CT molecular complexity index is 883. The Morgan fingerprint density at radius 1 is 1.07 bits per heavy atom. The van der Waals surface area contributed by atoms with Crippen molar-refractivity contribution >= 4 is 18.0 Å². The minimum atomic E-state index is -1.21. The van der Waals surface area contributed by atoms with Gasteiger partial charge in [0.25, 0.3) is 5.91 Å². The van der Waals surface area contributed by atoms with Crippen molar-refractivity contribution in [1.29, 1.82) is 0 Å². The van der Waals surface area contributed by atoms with Crippen molar-refractivity contribution in [3.8, 4) is 11.1 Å². The molecule has 0 saturated carbocycles. The number of nitrogens with one attached hydrogen (secondary N) is 1. The summed E-state index contributed by atoms with van der Waals surface area (Å²) in [6.07, 6.45) is -0.737. The molecule has 0 saturated heterocycles. The second kappa shape index (κ2) is 8.74. The number of carboxylic acid groups (broad SMARTS) is 1. The molecule has 0 aromatic heterocycles. The molecule has 0 fully saturated rings. The third-order valence-corrected chi connectivity index (χ3v) is 4.74. The Labute approximate surface area is 168 Å². The lowest BCUT2D eigenvalue weighted by Crippen LogP contribution is -2.46. The van der Waals surface area contributed by atoms with Gasteiger partial charge in [0.2, 0.25) is 0 Å². The highest BCUT2D eigenvalue weighted by Crippen LogP contribution is 2.44. The van der Waals surface area contributed by atoms with Crippen molar-refractivity contribution in [2.24, 2.45) is 0 Å². The summed E-state index contributed by atoms with van der Waals surface area (Å²) in [5.74, 6) is -1.89. The molecule has 0 aliphatic heterocycles. The van der Waals surface area contributed by atoms with E-state index in [1.54, 1.807) is 0 Å². The summed E-state index contributed by atoms with van der Waals surface area (Å²) < 4.78 is 5.38. The van der Waals surface area contributed by atoms with Gasteiger partial charge in [-0.1, -0.05) is 48.5 Å². The number of benzene rings is 2. The van der Waals surface area contributed by atoms with Gasteiger partial charge < -0.3 is 15.2 Å². The molecule has 152 valence electrons. The van der Waals surface area contributed by atoms with Crippen molar-refractivity contribution in [3.05, 3.63) is 59.7 Å². The van der Waals surface area contributed by atoms with Gasteiger partial charge in [0.05, 0.1) is 0 Å². The van der Waals surface area contributed by atoms with Crippen molar-refractivity contribution in [2.45, 2.75) is 18.9 Å². The van der Waals surface area contributed by atoms with Gasteiger partial charge in [0.1, 0.15) is 12.6 Å². The summed E-state index contributed by atoms with van der Waals surface area (Å²) >= 11 is 0. The molecule has 1 aliphatic rings. The molecule has 0 unspecified atom stereocenters. The van der Waals surface area contributed by atoms with Crippen LogP contribution in [0.1, 0.15) is 24.0 Å². The lowest BCUT2D eigenvalue weighted by molar-refractivity contribution is -0.187. The van der Waals surface area contributed by atoms with Crippen molar-refractivity contribution < 1.29 is 29.1 Å². The first-order valence-corrected chi connectivity index (χ1v) is 9.12. The highest BCUT2D eigenvalue weighted by atomic mass is 16.7.